The largest absolute Gasteiger partial charge is 0.494 e. The van der Waals surface area contributed by atoms with Gasteiger partial charge >= 0.3 is 0 Å². The van der Waals surface area contributed by atoms with E-state index in [2.05, 4.69) is 42.0 Å². The van der Waals surface area contributed by atoms with E-state index in [0.29, 0.717) is 0 Å². The van der Waals surface area contributed by atoms with Crippen molar-refractivity contribution >= 4 is 22.7 Å². The van der Waals surface area contributed by atoms with Crippen LogP contribution in [0.25, 0.3) is 17.0 Å². The second kappa shape index (κ2) is 6.06. The Balaban J connectivity index is 1.83. The highest BCUT2D eigenvalue weighted by Crippen LogP contribution is 2.28. The molecule has 3 heterocycles. The first-order valence-corrected chi connectivity index (χ1v) is 8.22. The third-order valence-electron chi connectivity index (χ3n) is 4.37. The van der Waals surface area contributed by atoms with Crippen molar-refractivity contribution < 1.29 is 4.74 Å². The predicted molar refractivity (Wildman–Crippen MR) is 102 cm³/mol. The first-order chi connectivity index (χ1) is 12.2. The van der Waals surface area contributed by atoms with Crippen LogP contribution in [0, 0.1) is 13.8 Å². The van der Waals surface area contributed by atoms with Crippen LogP contribution in [0.15, 0.2) is 65.1 Å². The van der Waals surface area contributed by atoms with Crippen molar-refractivity contribution in [2.24, 2.45) is 4.99 Å². The quantitative estimate of drug-likeness (QED) is 0.766. The van der Waals surface area contributed by atoms with Gasteiger partial charge in [0.05, 0.1) is 18.3 Å². The summed E-state index contributed by atoms with van der Waals surface area (Å²) in [5.41, 5.74) is 7.12. The number of aromatic nitrogens is 2. The summed E-state index contributed by atoms with van der Waals surface area (Å²) in [6.07, 6.45) is 5.83. The SMILES string of the molecule is COC1=CC(c2cccc3ncccc23)=N/C1=C/c1[nH]c(C)cc1C. The number of fused-ring (bicyclic) bond motifs is 1. The summed E-state index contributed by atoms with van der Waals surface area (Å²) in [5, 5.41) is 1.09. The number of nitrogens with one attached hydrogen (secondary N) is 1. The minimum atomic E-state index is 0.766. The van der Waals surface area contributed by atoms with Crippen LogP contribution in [0.1, 0.15) is 22.5 Å². The number of allylic oxidation sites excluding steroid dienone is 1. The lowest BCUT2D eigenvalue weighted by molar-refractivity contribution is 0.303. The van der Waals surface area contributed by atoms with E-state index in [4.69, 9.17) is 9.73 Å². The molecule has 4 heteroatoms. The van der Waals surface area contributed by atoms with Crippen LogP contribution in [0.5, 0.6) is 0 Å². The van der Waals surface area contributed by atoms with Crippen LogP contribution in [0.3, 0.4) is 0 Å². The average molecular weight is 329 g/mol. The summed E-state index contributed by atoms with van der Waals surface area (Å²) in [7, 11) is 1.68. The summed E-state index contributed by atoms with van der Waals surface area (Å²) in [6.45, 7) is 4.14. The van der Waals surface area contributed by atoms with E-state index in [1.54, 1.807) is 13.3 Å². The van der Waals surface area contributed by atoms with Crippen LogP contribution < -0.4 is 0 Å². The smallest absolute Gasteiger partial charge is 0.146 e. The van der Waals surface area contributed by atoms with Gasteiger partial charge in [-0.1, -0.05) is 18.2 Å². The zero-order valence-corrected chi connectivity index (χ0v) is 14.5. The molecule has 0 spiro atoms. The van der Waals surface area contributed by atoms with Crippen LogP contribution >= 0.6 is 0 Å². The molecule has 0 saturated carbocycles. The number of aliphatic imine (C=N–C) groups is 1. The van der Waals surface area contributed by atoms with Gasteiger partial charge in [-0.25, -0.2) is 4.99 Å². The summed E-state index contributed by atoms with van der Waals surface area (Å²) in [6, 6.07) is 12.2. The van der Waals surface area contributed by atoms with Crippen molar-refractivity contribution in [1.82, 2.24) is 9.97 Å². The van der Waals surface area contributed by atoms with Crippen molar-refractivity contribution in [1.29, 1.82) is 0 Å². The Kier molecular flexibility index (Phi) is 3.73. The molecule has 4 rings (SSSR count). The maximum Gasteiger partial charge on any atom is 0.146 e. The van der Waals surface area contributed by atoms with Gasteiger partial charge in [-0.2, -0.15) is 0 Å². The molecule has 0 saturated heterocycles. The standard InChI is InChI=1S/C21H19N3O/c1-13-10-14(2)23-18(13)11-20-21(25-3)12-19(24-20)16-6-4-8-17-15(16)7-5-9-22-17/h4-12,23H,1-3H3/b20-11+. The van der Waals surface area contributed by atoms with E-state index >= 15 is 0 Å². The molecule has 0 fully saturated rings. The molecule has 0 bridgehead atoms. The third kappa shape index (κ3) is 2.76. The fraction of sp³-hybridized carbons (Fsp3) is 0.143. The first-order valence-electron chi connectivity index (χ1n) is 8.22. The fourth-order valence-corrected chi connectivity index (χ4v) is 3.18. The highest BCUT2D eigenvalue weighted by molar-refractivity contribution is 6.18. The van der Waals surface area contributed by atoms with Gasteiger partial charge in [0.1, 0.15) is 11.5 Å². The van der Waals surface area contributed by atoms with E-state index in [1.165, 1.54) is 5.56 Å². The van der Waals surface area contributed by atoms with E-state index in [0.717, 1.165) is 45.0 Å². The number of ether oxygens (including phenoxy) is 1. The molecule has 1 aliphatic rings. The number of aryl methyl sites for hydroxylation is 2. The third-order valence-corrected chi connectivity index (χ3v) is 4.37. The van der Waals surface area contributed by atoms with Crippen LogP contribution in [-0.2, 0) is 4.74 Å². The van der Waals surface area contributed by atoms with E-state index in [-0.39, 0.29) is 0 Å². The highest BCUT2D eigenvalue weighted by Gasteiger charge is 2.18. The molecule has 3 aromatic rings. The molecule has 4 nitrogen and oxygen atoms in total. The number of H-pyrrole nitrogens is 1. The molecule has 0 radical (unpaired) electrons. The fourth-order valence-electron chi connectivity index (χ4n) is 3.18. The zero-order valence-electron chi connectivity index (χ0n) is 14.5. The maximum absolute atomic E-state index is 5.56. The number of hydrogen-bond acceptors (Lipinski definition) is 3. The maximum atomic E-state index is 5.56. The molecule has 0 amide bonds. The van der Waals surface area contributed by atoms with Gasteiger partial charge in [0.15, 0.2) is 0 Å². The zero-order chi connectivity index (χ0) is 17.4. The lowest BCUT2D eigenvalue weighted by Crippen LogP contribution is -1.96. The number of nitrogens with zero attached hydrogens (tertiary/aromatic N) is 2. The Hall–Kier alpha value is -3.14. The van der Waals surface area contributed by atoms with Crippen molar-refractivity contribution in [2.75, 3.05) is 7.11 Å². The molecular formula is C21H19N3O. The van der Waals surface area contributed by atoms with Crippen LogP contribution in [0.2, 0.25) is 0 Å². The molecule has 0 unspecified atom stereocenters. The van der Waals surface area contributed by atoms with E-state index in [9.17, 15) is 0 Å². The number of benzene rings is 1. The van der Waals surface area contributed by atoms with Crippen molar-refractivity contribution in [2.45, 2.75) is 13.8 Å². The predicted octanol–water partition coefficient (Wildman–Crippen LogP) is 4.55. The molecule has 0 atom stereocenters. The van der Waals surface area contributed by atoms with Gasteiger partial charge in [0.25, 0.3) is 0 Å². The molecule has 1 N–H and O–H groups in total. The number of methoxy groups -OCH3 is 1. The molecule has 124 valence electrons. The second-order valence-corrected chi connectivity index (χ2v) is 6.16. The molecule has 0 aliphatic carbocycles. The van der Waals surface area contributed by atoms with Crippen molar-refractivity contribution in [3.63, 3.8) is 0 Å². The van der Waals surface area contributed by atoms with Gasteiger partial charge in [-0.15, -0.1) is 0 Å². The minimum Gasteiger partial charge on any atom is -0.494 e. The Morgan fingerprint density at radius 1 is 1.12 bits per heavy atom. The highest BCUT2D eigenvalue weighted by atomic mass is 16.5. The first kappa shape index (κ1) is 15.4. The van der Waals surface area contributed by atoms with Crippen molar-refractivity contribution in [3.05, 3.63) is 82.6 Å². The number of aromatic amines is 1. The van der Waals surface area contributed by atoms with Gasteiger partial charge in [-0.3, -0.25) is 4.98 Å². The van der Waals surface area contributed by atoms with E-state index < -0.39 is 0 Å². The minimum absolute atomic E-state index is 0.766. The summed E-state index contributed by atoms with van der Waals surface area (Å²) >= 11 is 0. The van der Waals surface area contributed by atoms with Crippen LogP contribution in [0.4, 0.5) is 0 Å². The van der Waals surface area contributed by atoms with Crippen LogP contribution in [-0.4, -0.2) is 22.8 Å². The van der Waals surface area contributed by atoms with E-state index in [1.807, 2.05) is 30.4 Å². The normalized spacial score (nSPS) is 15.6. The Labute approximate surface area is 146 Å². The monoisotopic (exact) mass is 329 g/mol. The Bertz CT molecular complexity index is 1050. The van der Waals surface area contributed by atoms with Gasteiger partial charge in [0.2, 0.25) is 0 Å². The Morgan fingerprint density at radius 3 is 2.76 bits per heavy atom. The Morgan fingerprint density at radius 2 is 2.00 bits per heavy atom. The molecule has 1 aliphatic heterocycles. The number of hydrogen-bond donors (Lipinski definition) is 1. The molecule has 1 aromatic carbocycles. The second-order valence-electron chi connectivity index (χ2n) is 6.16. The van der Waals surface area contributed by atoms with Gasteiger partial charge < -0.3 is 9.72 Å². The molecule has 25 heavy (non-hydrogen) atoms. The summed E-state index contributed by atoms with van der Waals surface area (Å²) in [4.78, 5) is 12.6. The summed E-state index contributed by atoms with van der Waals surface area (Å²) in [5.74, 6) is 0.766. The number of pyridine rings is 1. The van der Waals surface area contributed by atoms with Crippen molar-refractivity contribution in [3.8, 4) is 0 Å². The summed E-state index contributed by atoms with van der Waals surface area (Å²) < 4.78 is 5.56. The molecule has 2 aromatic heterocycles. The lowest BCUT2D eigenvalue weighted by atomic mass is 10.0. The number of rotatable bonds is 3. The van der Waals surface area contributed by atoms with Gasteiger partial charge in [-0.05, 0) is 43.7 Å². The van der Waals surface area contributed by atoms with Gasteiger partial charge in [0, 0.05) is 34.6 Å². The average Bonchev–Trinajstić information content (AvgIpc) is 3.17. The topological polar surface area (TPSA) is 50.3 Å². The molecular weight excluding hydrogens is 310 g/mol. The lowest BCUT2D eigenvalue weighted by Gasteiger charge is -2.03.